The second kappa shape index (κ2) is 7.91. The summed E-state index contributed by atoms with van der Waals surface area (Å²) in [5, 5.41) is 5.02. The van der Waals surface area contributed by atoms with Gasteiger partial charge >= 0.3 is 0 Å². The van der Waals surface area contributed by atoms with Crippen LogP contribution < -0.4 is 14.8 Å². The lowest BCUT2D eigenvalue weighted by molar-refractivity contribution is -0.122. The average molecular weight is 363 g/mol. The van der Waals surface area contributed by atoms with Crippen LogP contribution in [0.1, 0.15) is 24.2 Å². The molecule has 1 N–H and O–H groups in total. The number of Topliss-reactive ketones (excluding diaryl/α,β-unsaturated/α-hetero) is 1. The summed E-state index contributed by atoms with van der Waals surface area (Å²) >= 11 is 0. The first-order valence-electron chi connectivity index (χ1n) is 8.63. The summed E-state index contributed by atoms with van der Waals surface area (Å²) in [5.74, 6) is 0.474. The predicted octanol–water partition coefficient (Wildman–Crippen LogP) is 4.46. The highest BCUT2D eigenvalue weighted by atomic mass is 16.5. The van der Waals surface area contributed by atoms with Crippen LogP contribution in [0, 0.1) is 0 Å². The van der Waals surface area contributed by atoms with Gasteiger partial charge in [-0.1, -0.05) is 30.3 Å². The van der Waals surface area contributed by atoms with Crippen molar-refractivity contribution in [2.24, 2.45) is 0 Å². The van der Waals surface area contributed by atoms with Gasteiger partial charge < -0.3 is 14.8 Å². The molecule has 1 atom stereocenters. The number of nitrogens with one attached hydrogen (secondary N) is 1. The molecular weight excluding hydrogens is 342 g/mol. The maximum absolute atomic E-state index is 12.5. The molecule has 0 radical (unpaired) electrons. The highest BCUT2D eigenvalue weighted by Crippen LogP contribution is 2.29. The van der Waals surface area contributed by atoms with Gasteiger partial charge in [-0.25, -0.2) is 0 Å². The van der Waals surface area contributed by atoms with Crippen LogP contribution in [-0.4, -0.2) is 24.9 Å². The van der Waals surface area contributed by atoms with Gasteiger partial charge in [0.05, 0.1) is 7.11 Å². The predicted molar refractivity (Wildman–Crippen MR) is 106 cm³/mol. The molecule has 0 aliphatic rings. The molecule has 3 aromatic carbocycles. The van der Waals surface area contributed by atoms with Gasteiger partial charge in [0.25, 0.3) is 5.91 Å². The third-order valence-corrected chi connectivity index (χ3v) is 4.26. The first kappa shape index (κ1) is 18.5. The fraction of sp³-hybridized carbons (Fsp3) is 0.182. The number of benzene rings is 3. The standard InChI is InChI=1S/C22H21NO4/c1-14(24)17-9-11-20(21(13-17)26-3)27-15(2)22(25)23-19-10-8-16-6-4-5-7-18(16)12-19/h4-13,15H,1-3H3,(H,23,25)/t15-/m0/s1. The minimum atomic E-state index is -0.742. The summed E-state index contributed by atoms with van der Waals surface area (Å²) in [6, 6.07) is 18.6. The highest BCUT2D eigenvalue weighted by molar-refractivity contribution is 5.97. The van der Waals surface area contributed by atoms with E-state index in [9.17, 15) is 9.59 Å². The molecule has 0 unspecified atom stereocenters. The number of carbonyl (C=O) groups is 2. The highest BCUT2D eigenvalue weighted by Gasteiger charge is 2.18. The van der Waals surface area contributed by atoms with Crippen molar-refractivity contribution < 1.29 is 19.1 Å². The van der Waals surface area contributed by atoms with Gasteiger partial charge in [0, 0.05) is 11.3 Å². The normalized spacial score (nSPS) is 11.7. The molecule has 27 heavy (non-hydrogen) atoms. The number of amides is 1. The summed E-state index contributed by atoms with van der Waals surface area (Å²) in [6.07, 6.45) is -0.742. The van der Waals surface area contributed by atoms with Gasteiger partial charge in [-0.3, -0.25) is 9.59 Å². The lowest BCUT2D eigenvalue weighted by Gasteiger charge is -2.17. The van der Waals surface area contributed by atoms with E-state index in [1.54, 1.807) is 25.1 Å². The molecule has 0 aliphatic carbocycles. The largest absolute Gasteiger partial charge is 0.493 e. The first-order chi connectivity index (χ1) is 13.0. The van der Waals surface area contributed by atoms with E-state index in [0.717, 1.165) is 10.8 Å². The summed E-state index contributed by atoms with van der Waals surface area (Å²) in [5.41, 5.74) is 1.22. The summed E-state index contributed by atoms with van der Waals surface area (Å²) < 4.78 is 11.0. The average Bonchev–Trinajstić information content (AvgIpc) is 2.67. The molecule has 0 fully saturated rings. The van der Waals surface area contributed by atoms with Crippen molar-refractivity contribution in [3.8, 4) is 11.5 Å². The van der Waals surface area contributed by atoms with E-state index in [1.165, 1.54) is 14.0 Å². The monoisotopic (exact) mass is 363 g/mol. The van der Waals surface area contributed by atoms with Crippen LogP contribution in [0.15, 0.2) is 60.7 Å². The number of hydrogen-bond donors (Lipinski definition) is 1. The Labute approximate surface area is 157 Å². The minimum Gasteiger partial charge on any atom is -0.493 e. The first-order valence-corrected chi connectivity index (χ1v) is 8.63. The minimum absolute atomic E-state index is 0.0676. The number of carbonyl (C=O) groups excluding carboxylic acids is 2. The maximum Gasteiger partial charge on any atom is 0.265 e. The molecule has 0 saturated heterocycles. The smallest absolute Gasteiger partial charge is 0.265 e. The Morgan fingerprint density at radius 1 is 0.926 bits per heavy atom. The summed E-state index contributed by atoms with van der Waals surface area (Å²) in [4.78, 5) is 24.0. The molecule has 3 rings (SSSR count). The number of ketones is 1. The van der Waals surface area contributed by atoms with Crippen molar-refractivity contribution in [2.45, 2.75) is 20.0 Å². The molecule has 0 spiro atoms. The lowest BCUT2D eigenvalue weighted by Crippen LogP contribution is -2.30. The fourth-order valence-electron chi connectivity index (χ4n) is 2.74. The number of rotatable bonds is 6. The molecule has 0 bridgehead atoms. The molecule has 0 aliphatic heterocycles. The summed E-state index contributed by atoms with van der Waals surface area (Å²) in [6.45, 7) is 3.14. The molecule has 0 aromatic heterocycles. The van der Waals surface area contributed by atoms with E-state index < -0.39 is 6.10 Å². The van der Waals surface area contributed by atoms with Crippen LogP contribution in [0.25, 0.3) is 10.8 Å². The quantitative estimate of drug-likeness (QED) is 0.657. The van der Waals surface area contributed by atoms with E-state index in [0.29, 0.717) is 22.7 Å². The number of hydrogen-bond acceptors (Lipinski definition) is 4. The molecule has 3 aromatic rings. The second-order valence-corrected chi connectivity index (χ2v) is 6.23. The van der Waals surface area contributed by atoms with Crippen LogP contribution in [0.3, 0.4) is 0 Å². The van der Waals surface area contributed by atoms with Crippen molar-refractivity contribution in [3.63, 3.8) is 0 Å². The number of ether oxygens (including phenoxy) is 2. The van der Waals surface area contributed by atoms with Gasteiger partial charge in [-0.05, 0) is 55.0 Å². The number of anilines is 1. The molecule has 0 saturated carbocycles. The number of fused-ring (bicyclic) bond motifs is 1. The van der Waals surface area contributed by atoms with Crippen LogP contribution in [0.5, 0.6) is 11.5 Å². The second-order valence-electron chi connectivity index (χ2n) is 6.23. The van der Waals surface area contributed by atoms with Crippen LogP contribution in [0.2, 0.25) is 0 Å². The zero-order valence-corrected chi connectivity index (χ0v) is 15.5. The number of methoxy groups -OCH3 is 1. The molecule has 5 heteroatoms. The van der Waals surface area contributed by atoms with Crippen molar-refractivity contribution >= 4 is 28.2 Å². The van der Waals surface area contributed by atoms with Crippen molar-refractivity contribution in [1.29, 1.82) is 0 Å². The SMILES string of the molecule is COc1cc(C(C)=O)ccc1O[C@@H](C)C(=O)Nc1ccc2ccccc2c1. The van der Waals surface area contributed by atoms with Crippen molar-refractivity contribution in [2.75, 3.05) is 12.4 Å². The van der Waals surface area contributed by atoms with Gasteiger partial charge in [-0.2, -0.15) is 0 Å². The van der Waals surface area contributed by atoms with Gasteiger partial charge in [0.15, 0.2) is 23.4 Å². The third-order valence-electron chi connectivity index (χ3n) is 4.26. The van der Waals surface area contributed by atoms with Crippen LogP contribution in [0.4, 0.5) is 5.69 Å². The van der Waals surface area contributed by atoms with Gasteiger partial charge in [-0.15, -0.1) is 0 Å². The lowest BCUT2D eigenvalue weighted by atomic mass is 10.1. The molecule has 5 nitrogen and oxygen atoms in total. The van der Waals surface area contributed by atoms with Crippen LogP contribution in [-0.2, 0) is 4.79 Å². The molecule has 0 heterocycles. The Morgan fingerprint density at radius 2 is 1.67 bits per heavy atom. The third kappa shape index (κ3) is 4.26. The van der Waals surface area contributed by atoms with E-state index >= 15 is 0 Å². The zero-order valence-electron chi connectivity index (χ0n) is 15.5. The molecule has 138 valence electrons. The Bertz CT molecular complexity index is 997. The topological polar surface area (TPSA) is 64.6 Å². The van der Waals surface area contributed by atoms with E-state index in [-0.39, 0.29) is 11.7 Å². The van der Waals surface area contributed by atoms with E-state index in [4.69, 9.17) is 9.47 Å². The van der Waals surface area contributed by atoms with Crippen molar-refractivity contribution in [1.82, 2.24) is 0 Å². The fourth-order valence-corrected chi connectivity index (χ4v) is 2.74. The Kier molecular flexibility index (Phi) is 5.41. The molecule has 1 amide bonds. The van der Waals surface area contributed by atoms with Gasteiger partial charge in [0.1, 0.15) is 0 Å². The maximum atomic E-state index is 12.5. The Morgan fingerprint density at radius 3 is 2.37 bits per heavy atom. The zero-order chi connectivity index (χ0) is 19.4. The Balaban J connectivity index is 1.72. The van der Waals surface area contributed by atoms with E-state index in [2.05, 4.69) is 5.32 Å². The summed E-state index contributed by atoms with van der Waals surface area (Å²) in [7, 11) is 1.49. The van der Waals surface area contributed by atoms with Crippen LogP contribution >= 0.6 is 0 Å². The van der Waals surface area contributed by atoms with E-state index in [1.807, 2.05) is 42.5 Å². The van der Waals surface area contributed by atoms with Gasteiger partial charge in [0.2, 0.25) is 0 Å². The van der Waals surface area contributed by atoms with Crippen molar-refractivity contribution in [3.05, 3.63) is 66.2 Å². The molecular formula is C22H21NO4. The Hall–Kier alpha value is -3.34.